The van der Waals surface area contributed by atoms with Gasteiger partial charge in [-0.3, -0.25) is 4.99 Å². The van der Waals surface area contributed by atoms with Crippen LogP contribution >= 0.6 is 0 Å². The fourth-order valence-corrected chi connectivity index (χ4v) is 3.30. The lowest BCUT2D eigenvalue weighted by Crippen LogP contribution is -2.40. The van der Waals surface area contributed by atoms with Crippen LogP contribution in [0, 0.1) is 0 Å². The summed E-state index contributed by atoms with van der Waals surface area (Å²) in [6, 6.07) is 3.88. The van der Waals surface area contributed by atoms with Crippen molar-refractivity contribution >= 4 is 5.96 Å². The highest BCUT2D eigenvalue weighted by Crippen LogP contribution is 2.33. The van der Waals surface area contributed by atoms with E-state index in [2.05, 4.69) is 10.6 Å². The molecule has 2 aliphatic rings. The SMILES string of the molecule is CCOCCCNC(=NCC1COC2(CCOCC2)O1)NCCc1ccco1. The molecule has 0 aromatic carbocycles. The summed E-state index contributed by atoms with van der Waals surface area (Å²) in [5.41, 5.74) is 0. The Morgan fingerprint density at radius 3 is 2.93 bits per heavy atom. The highest BCUT2D eigenvalue weighted by Gasteiger charge is 2.42. The molecule has 1 aromatic rings. The Hall–Kier alpha value is -1.61. The molecule has 0 amide bonds. The summed E-state index contributed by atoms with van der Waals surface area (Å²) in [6.07, 6.45) is 4.98. The molecule has 0 saturated carbocycles. The molecule has 2 saturated heterocycles. The van der Waals surface area contributed by atoms with Gasteiger partial charge in [0.05, 0.1) is 32.6 Å². The van der Waals surface area contributed by atoms with Crippen LogP contribution in [0.15, 0.2) is 27.8 Å². The van der Waals surface area contributed by atoms with Gasteiger partial charge in [-0.2, -0.15) is 0 Å². The molecular weight excluding hydrogens is 362 g/mol. The lowest BCUT2D eigenvalue weighted by molar-refractivity contribution is -0.210. The minimum atomic E-state index is -0.462. The zero-order valence-corrected chi connectivity index (χ0v) is 16.8. The molecule has 0 bridgehead atoms. The lowest BCUT2D eigenvalue weighted by atomic mass is 10.1. The van der Waals surface area contributed by atoms with E-state index in [1.54, 1.807) is 6.26 Å². The number of guanidine groups is 1. The predicted molar refractivity (Wildman–Crippen MR) is 105 cm³/mol. The van der Waals surface area contributed by atoms with E-state index in [1.807, 2.05) is 19.1 Å². The molecule has 0 aliphatic carbocycles. The maximum absolute atomic E-state index is 6.16. The molecule has 0 radical (unpaired) electrons. The average molecular weight is 396 g/mol. The standard InChI is InChI=1S/C20H33N3O5/c1-2-24-11-4-9-21-19(22-10-6-17-5-3-12-26-17)23-15-18-16-27-20(28-18)7-13-25-14-8-20/h3,5,12,18H,2,4,6-11,13-16H2,1H3,(H2,21,22,23). The summed E-state index contributed by atoms with van der Waals surface area (Å²) in [5.74, 6) is 1.27. The Bertz CT molecular complexity index is 572. The molecule has 1 spiro atoms. The van der Waals surface area contributed by atoms with E-state index in [0.29, 0.717) is 26.4 Å². The van der Waals surface area contributed by atoms with E-state index in [9.17, 15) is 0 Å². The fourth-order valence-electron chi connectivity index (χ4n) is 3.30. The van der Waals surface area contributed by atoms with Crippen LogP contribution in [0.25, 0.3) is 0 Å². The van der Waals surface area contributed by atoms with Crippen molar-refractivity contribution < 1.29 is 23.4 Å². The molecule has 8 nitrogen and oxygen atoms in total. The largest absolute Gasteiger partial charge is 0.469 e. The number of nitrogens with one attached hydrogen (secondary N) is 2. The van der Waals surface area contributed by atoms with Crippen molar-refractivity contribution in [1.29, 1.82) is 0 Å². The Morgan fingerprint density at radius 1 is 1.29 bits per heavy atom. The van der Waals surface area contributed by atoms with Gasteiger partial charge in [0.2, 0.25) is 0 Å². The molecule has 2 aliphatic heterocycles. The van der Waals surface area contributed by atoms with E-state index in [4.69, 9.17) is 28.4 Å². The average Bonchev–Trinajstić information content (AvgIpc) is 3.36. The third-order valence-corrected chi connectivity index (χ3v) is 4.83. The quantitative estimate of drug-likeness (QED) is 0.354. The van der Waals surface area contributed by atoms with Gasteiger partial charge in [-0.15, -0.1) is 0 Å². The van der Waals surface area contributed by atoms with E-state index < -0.39 is 5.79 Å². The van der Waals surface area contributed by atoms with Crippen LogP contribution < -0.4 is 10.6 Å². The summed E-state index contributed by atoms with van der Waals surface area (Å²) in [5, 5.41) is 6.73. The molecule has 158 valence electrons. The van der Waals surface area contributed by atoms with Crippen LogP contribution in [0.1, 0.15) is 31.9 Å². The van der Waals surface area contributed by atoms with Crippen molar-refractivity contribution in [2.45, 2.75) is 44.5 Å². The highest BCUT2D eigenvalue weighted by molar-refractivity contribution is 5.79. The third kappa shape index (κ3) is 6.77. The number of furan rings is 1. The Labute approximate surface area is 167 Å². The van der Waals surface area contributed by atoms with E-state index in [-0.39, 0.29) is 6.10 Å². The molecule has 2 fully saturated rings. The number of aliphatic imine (C=N–C) groups is 1. The molecule has 2 N–H and O–H groups in total. The number of nitrogens with zero attached hydrogens (tertiary/aromatic N) is 1. The summed E-state index contributed by atoms with van der Waals surface area (Å²) in [4.78, 5) is 4.71. The summed E-state index contributed by atoms with van der Waals surface area (Å²) < 4.78 is 28.3. The minimum absolute atomic E-state index is 0.0230. The second kappa shape index (κ2) is 11.4. The van der Waals surface area contributed by atoms with Crippen LogP contribution in [-0.4, -0.2) is 70.5 Å². The predicted octanol–water partition coefficient (Wildman–Crippen LogP) is 1.71. The third-order valence-electron chi connectivity index (χ3n) is 4.83. The number of ether oxygens (including phenoxy) is 4. The monoisotopic (exact) mass is 395 g/mol. The maximum atomic E-state index is 6.16. The van der Waals surface area contributed by atoms with Crippen molar-refractivity contribution in [3.05, 3.63) is 24.2 Å². The summed E-state index contributed by atoms with van der Waals surface area (Å²) >= 11 is 0. The first-order valence-electron chi connectivity index (χ1n) is 10.3. The normalized spacial score (nSPS) is 21.9. The molecule has 1 aromatic heterocycles. The van der Waals surface area contributed by atoms with Crippen molar-refractivity contribution in [2.24, 2.45) is 4.99 Å². The zero-order chi connectivity index (χ0) is 19.5. The van der Waals surface area contributed by atoms with Gasteiger partial charge in [-0.1, -0.05) is 0 Å². The van der Waals surface area contributed by atoms with Crippen molar-refractivity contribution in [3.8, 4) is 0 Å². The first kappa shape index (κ1) is 21.1. The Kier molecular flexibility index (Phi) is 8.60. The molecule has 3 rings (SSSR count). The van der Waals surface area contributed by atoms with Crippen LogP contribution in [-0.2, 0) is 25.4 Å². The number of hydrogen-bond acceptors (Lipinski definition) is 6. The van der Waals surface area contributed by atoms with Crippen molar-refractivity contribution in [2.75, 3.05) is 52.7 Å². The first-order chi connectivity index (χ1) is 13.8. The van der Waals surface area contributed by atoms with Gasteiger partial charge in [-0.05, 0) is 25.5 Å². The Morgan fingerprint density at radius 2 is 2.14 bits per heavy atom. The fraction of sp³-hybridized carbons (Fsp3) is 0.750. The molecule has 1 unspecified atom stereocenters. The van der Waals surface area contributed by atoms with E-state index in [1.165, 1.54) is 0 Å². The van der Waals surface area contributed by atoms with Crippen LogP contribution in [0.5, 0.6) is 0 Å². The van der Waals surface area contributed by atoms with Crippen molar-refractivity contribution in [1.82, 2.24) is 10.6 Å². The molecule has 1 atom stereocenters. The topological polar surface area (TPSA) is 86.5 Å². The second-order valence-corrected chi connectivity index (χ2v) is 7.00. The summed E-state index contributed by atoms with van der Waals surface area (Å²) in [6.45, 7) is 7.56. The van der Waals surface area contributed by atoms with Gasteiger partial charge in [0, 0.05) is 45.6 Å². The Balaban J connectivity index is 1.45. The molecular formula is C20H33N3O5. The molecule has 3 heterocycles. The van der Waals surface area contributed by atoms with Crippen LogP contribution in [0.4, 0.5) is 0 Å². The van der Waals surface area contributed by atoms with Gasteiger partial charge >= 0.3 is 0 Å². The first-order valence-corrected chi connectivity index (χ1v) is 10.3. The van der Waals surface area contributed by atoms with E-state index in [0.717, 1.165) is 63.7 Å². The van der Waals surface area contributed by atoms with Crippen LogP contribution in [0.3, 0.4) is 0 Å². The number of hydrogen-bond donors (Lipinski definition) is 2. The van der Waals surface area contributed by atoms with Crippen LogP contribution in [0.2, 0.25) is 0 Å². The second-order valence-electron chi connectivity index (χ2n) is 7.00. The zero-order valence-electron chi connectivity index (χ0n) is 16.8. The maximum Gasteiger partial charge on any atom is 0.191 e. The molecule has 8 heteroatoms. The van der Waals surface area contributed by atoms with Gasteiger partial charge in [0.25, 0.3) is 0 Å². The molecule has 28 heavy (non-hydrogen) atoms. The van der Waals surface area contributed by atoms with Gasteiger partial charge in [-0.25, -0.2) is 0 Å². The lowest BCUT2D eigenvalue weighted by Gasteiger charge is -2.31. The summed E-state index contributed by atoms with van der Waals surface area (Å²) in [7, 11) is 0. The number of rotatable bonds is 10. The smallest absolute Gasteiger partial charge is 0.191 e. The van der Waals surface area contributed by atoms with Gasteiger partial charge in [0.1, 0.15) is 11.9 Å². The van der Waals surface area contributed by atoms with Gasteiger partial charge < -0.3 is 34.0 Å². The highest BCUT2D eigenvalue weighted by atomic mass is 16.7. The van der Waals surface area contributed by atoms with E-state index >= 15 is 0 Å². The minimum Gasteiger partial charge on any atom is -0.469 e. The van der Waals surface area contributed by atoms with Crippen molar-refractivity contribution in [3.63, 3.8) is 0 Å². The van der Waals surface area contributed by atoms with Gasteiger partial charge in [0.15, 0.2) is 11.7 Å².